The molecular formula is C12H18O3S. The Kier molecular flexibility index (Phi) is 6.11. The highest BCUT2D eigenvalue weighted by atomic mass is 32.1. The molecule has 4 heteroatoms. The van der Waals surface area contributed by atoms with Crippen LogP contribution in [0.15, 0.2) is 17.5 Å². The molecule has 1 atom stereocenters. The van der Waals surface area contributed by atoms with Crippen molar-refractivity contribution < 1.29 is 14.6 Å². The number of carboxylic acid groups (broad SMARTS) is 1. The number of thiophene rings is 1. The molecule has 1 unspecified atom stereocenters. The van der Waals surface area contributed by atoms with Crippen molar-refractivity contribution in [2.75, 3.05) is 6.61 Å². The van der Waals surface area contributed by atoms with Crippen LogP contribution in [0.1, 0.15) is 31.1 Å². The standard InChI is InChI=1S/C12H18O3S/c1-2-3-6-11(12(13)14)15-8-7-10-5-4-9-16-10/h4-5,9,11H,2-3,6-8H2,1H3,(H,13,14). The Balaban J connectivity index is 2.24. The van der Waals surface area contributed by atoms with Crippen LogP contribution >= 0.6 is 11.3 Å². The Bertz CT molecular complexity index is 295. The molecule has 0 spiro atoms. The quantitative estimate of drug-likeness (QED) is 0.762. The van der Waals surface area contributed by atoms with E-state index in [4.69, 9.17) is 9.84 Å². The van der Waals surface area contributed by atoms with E-state index in [0.29, 0.717) is 13.0 Å². The van der Waals surface area contributed by atoms with Gasteiger partial charge >= 0.3 is 5.97 Å². The Hall–Kier alpha value is -0.870. The van der Waals surface area contributed by atoms with Gasteiger partial charge in [-0.25, -0.2) is 4.79 Å². The number of hydrogen-bond acceptors (Lipinski definition) is 3. The molecule has 0 aliphatic rings. The van der Waals surface area contributed by atoms with E-state index in [2.05, 4.69) is 0 Å². The van der Waals surface area contributed by atoms with Crippen molar-refractivity contribution in [3.63, 3.8) is 0 Å². The summed E-state index contributed by atoms with van der Waals surface area (Å²) >= 11 is 1.67. The molecule has 0 radical (unpaired) electrons. The number of hydrogen-bond donors (Lipinski definition) is 1. The van der Waals surface area contributed by atoms with Crippen molar-refractivity contribution in [1.29, 1.82) is 0 Å². The monoisotopic (exact) mass is 242 g/mol. The lowest BCUT2D eigenvalue weighted by Gasteiger charge is -2.12. The third-order valence-electron chi connectivity index (χ3n) is 2.34. The first-order valence-electron chi connectivity index (χ1n) is 5.60. The highest BCUT2D eigenvalue weighted by molar-refractivity contribution is 7.09. The van der Waals surface area contributed by atoms with Crippen LogP contribution in [0.3, 0.4) is 0 Å². The second-order valence-corrected chi connectivity index (χ2v) is 4.70. The van der Waals surface area contributed by atoms with E-state index in [0.717, 1.165) is 19.3 Å². The molecule has 90 valence electrons. The van der Waals surface area contributed by atoms with Crippen LogP contribution in [-0.4, -0.2) is 23.8 Å². The van der Waals surface area contributed by atoms with Gasteiger partial charge < -0.3 is 9.84 Å². The van der Waals surface area contributed by atoms with Gasteiger partial charge in [0.2, 0.25) is 0 Å². The zero-order chi connectivity index (χ0) is 11.8. The summed E-state index contributed by atoms with van der Waals surface area (Å²) in [4.78, 5) is 12.1. The van der Waals surface area contributed by atoms with E-state index >= 15 is 0 Å². The smallest absolute Gasteiger partial charge is 0.332 e. The van der Waals surface area contributed by atoms with Gasteiger partial charge in [-0.2, -0.15) is 0 Å². The lowest BCUT2D eigenvalue weighted by Crippen LogP contribution is -2.24. The summed E-state index contributed by atoms with van der Waals surface area (Å²) in [5.74, 6) is -0.848. The van der Waals surface area contributed by atoms with Crippen molar-refractivity contribution in [3.8, 4) is 0 Å². The molecule has 1 N–H and O–H groups in total. The molecule has 16 heavy (non-hydrogen) atoms. The molecule has 1 rings (SSSR count). The lowest BCUT2D eigenvalue weighted by molar-refractivity contribution is -0.150. The summed E-state index contributed by atoms with van der Waals surface area (Å²) in [6.07, 6.45) is 2.66. The second-order valence-electron chi connectivity index (χ2n) is 3.67. The minimum Gasteiger partial charge on any atom is -0.479 e. The van der Waals surface area contributed by atoms with Crippen LogP contribution in [0, 0.1) is 0 Å². The summed E-state index contributed by atoms with van der Waals surface area (Å²) in [6, 6.07) is 4.03. The molecule has 1 aromatic rings. The minimum atomic E-state index is -0.848. The number of carboxylic acids is 1. The van der Waals surface area contributed by atoms with Gasteiger partial charge in [-0.05, 0) is 17.9 Å². The molecular weight excluding hydrogens is 224 g/mol. The average Bonchev–Trinajstić information content (AvgIpc) is 2.75. The molecule has 1 aromatic heterocycles. The fourth-order valence-electron chi connectivity index (χ4n) is 1.42. The van der Waals surface area contributed by atoms with Crippen molar-refractivity contribution in [3.05, 3.63) is 22.4 Å². The van der Waals surface area contributed by atoms with Crippen molar-refractivity contribution in [2.24, 2.45) is 0 Å². The maximum atomic E-state index is 10.9. The molecule has 0 saturated heterocycles. The largest absolute Gasteiger partial charge is 0.479 e. The van der Waals surface area contributed by atoms with E-state index in [1.165, 1.54) is 4.88 Å². The van der Waals surface area contributed by atoms with Crippen LogP contribution in [0.2, 0.25) is 0 Å². The number of unbranched alkanes of at least 4 members (excludes halogenated alkanes) is 1. The predicted molar refractivity (Wildman–Crippen MR) is 64.9 cm³/mol. The average molecular weight is 242 g/mol. The molecule has 0 amide bonds. The van der Waals surface area contributed by atoms with E-state index in [-0.39, 0.29) is 0 Å². The van der Waals surface area contributed by atoms with Gasteiger partial charge in [0.05, 0.1) is 6.61 Å². The number of ether oxygens (including phenoxy) is 1. The SMILES string of the molecule is CCCCC(OCCc1cccs1)C(=O)O. The first kappa shape index (κ1) is 13.2. The summed E-state index contributed by atoms with van der Waals surface area (Å²) in [7, 11) is 0. The Morgan fingerprint density at radius 3 is 3.00 bits per heavy atom. The molecule has 1 heterocycles. The number of rotatable bonds is 8. The van der Waals surface area contributed by atoms with Gasteiger partial charge in [0.25, 0.3) is 0 Å². The third-order valence-corrected chi connectivity index (χ3v) is 3.28. The van der Waals surface area contributed by atoms with Crippen LogP contribution in [0.4, 0.5) is 0 Å². The van der Waals surface area contributed by atoms with E-state index in [1.54, 1.807) is 11.3 Å². The first-order chi connectivity index (χ1) is 7.74. The van der Waals surface area contributed by atoms with Crippen molar-refractivity contribution in [1.82, 2.24) is 0 Å². The number of aliphatic carboxylic acids is 1. The van der Waals surface area contributed by atoms with E-state index < -0.39 is 12.1 Å². The zero-order valence-corrected chi connectivity index (χ0v) is 10.3. The van der Waals surface area contributed by atoms with E-state index in [1.807, 2.05) is 24.4 Å². The number of carbonyl (C=O) groups is 1. The van der Waals surface area contributed by atoms with Gasteiger partial charge in [-0.15, -0.1) is 11.3 Å². The highest BCUT2D eigenvalue weighted by Gasteiger charge is 2.16. The van der Waals surface area contributed by atoms with Crippen LogP contribution in [-0.2, 0) is 16.0 Å². The van der Waals surface area contributed by atoms with Crippen molar-refractivity contribution in [2.45, 2.75) is 38.7 Å². The molecule has 0 aliphatic heterocycles. The van der Waals surface area contributed by atoms with Crippen LogP contribution in [0.5, 0.6) is 0 Å². The Morgan fingerprint density at radius 2 is 2.44 bits per heavy atom. The topological polar surface area (TPSA) is 46.5 Å². The lowest BCUT2D eigenvalue weighted by atomic mass is 10.1. The zero-order valence-electron chi connectivity index (χ0n) is 9.52. The third kappa shape index (κ3) is 4.77. The fourth-order valence-corrected chi connectivity index (χ4v) is 2.11. The summed E-state index contributed by atoms with van der Waals surface area (Å²) < 4.78 is 5.39. The fraction of sp³-hybridized carbons (Fsp3) is 0.583. The van der Waals surface area contributed by atoms with Gasteiger partial charge in [-0.1, -0.05) is 25.8 Å². The molecule has 0 aliphatic carbocycles. The summed E-state index contributed by atoms with van der Waals surface area (Å²) in [5.41, 5.74) is 0. The normalized spacial score (nSPS) is 12.6. The molecule has 0 aromatic carbocycles. The second kappa shape index (κ2) is 7.41. The molecule has 3 nitrogen and oxygen atoms in total. The molecule has 0 saturated carbocycles. The van der Waals surface area contributed by atoms with E-state index in [9.17, 15) is 4.79 Å². The maximum absolute atomic E-state index is 10.9. The Labute approximate surface area is 100 Å². The highest BCUT2D eigenvalue weighted by Crippen LogP contribution is 2.11. The van der Waals surface area contributed by atoms with Crippen molar-refractivity contribution >= 4 is 17.3 Å². The van der Waals surface area contributed by atoms with Gasteiger partial charge in [0.1, 0.15) is 0 Å². The molecule has 0 fully saturated rings. The minimum absolute atomic E-state index is 0.487. The van der Waals surface area contributed by atoms with Crippen LogP contribution < -0.4 is 0 Å². The molecule has 0 bridgehead atoms. The first-order valence-corrected chi connectivity index (χ1v) is 6.48. The predicted octanol–water partition coefficient (Wildman–Crippen LogP) is 2.95. The van der Waals surface area contributed by atoms with Gasteiger partial charge in [0, 0.05) is 11.3 Å². The summed E-state index contributed by atoms with van der Waals surface area (Å²) in [6.45, 7) is 2.53. The Morgan fingerprint density at radius 1 is 1.62 bits per heavy atom. The van der Waals surface area contributed by atoms with Gasteiger partial charge in [-0.3, -0.25) is 0 Å². The summed E-state index contributed by atoms with van der Waals surface area (Å²) in [5, 5.41) is 10.9. The maximum Gasteiger partial charge on any atom is 0.332 e. The van der Waals surface area contributed by atoms with Gasteiger partial charge in [0.15, 0.2) is 6.10 Å². The van der Waals surface area contributed by atoms with Crippen LogP contribution in [0.25, 0.3) is 0 Å².